The van der Waals surface area contributed by atoms with Gasteiger partial charge in [0.15, 0.2) is 0 Å². The summed E-state index contributed by atoms with van der Waals surface area (Å²) in [6.45, 7) is 2.22. The first-order valence-electron chi connectivity index (χ1n) is 8.61. The Balaban J connectivity index is 1.86. The number of aryl methyl sites for hydroxylation is 1. The maximum atomic E-state index is 12.2. The topological polar surface area (TPSA) is 75.7 Å². The van der Waals surface area contributed by atoms with Gasteiger partial charge in [0, 0.05) is 26.6 Å². The summed E-state index contributed by atoms with van der Waals surface area (Å²) < 4.78 is 66.8. The van der Waals surface area contributed by atoms with Gasteiger partial charge < -0.3 is 9.64 Å². The van der Waals surface area contributed by atoms with Crippen LogP contribution in [0.4, 0.5) is 13.2 Å². The number of carbonyl (C=O) groups excluding carboxylic acids is 1. The van der Waals surface area contributed by atoms with E-state index in [0.717, 1.165) is 35.4 Å². The van der Waals surface area contributed by atoms with Crippen molar-refractivity contribution in [2.24, 2.45) is 0 Å². The van der Waals surface area contributed by atoms with Gasteiger partial charge in [0.25, 0.3) is 0 Å². The summed E-state index contributed by atoms with van der Waals surface area (Å²) in [7, 11) is -2.34. The van der Waals surface area contributed by atoms with Crippen LogP contribution >= 0.6 is 0 Å². The molecule has 2 aromatic carbocycles. The fourth-order valence-electron chi connectivity index (χ4n) is 2.44. The van der Waals surface area contributed by atoms with E-state index < -0.39 is 22.1 Å². The van der Waals surface area contributed by atoms with Crippen molar-refractivity contribution in [3.8, 4) is 5.75 Å². The molecule has 1 amide bonds. The molecule has 0 aliphatic carbocycles. The average Bonchev–Trinajstić information content (AvgIpc) is 2.62. The predicted molar refractivity (Wildman–Crippen MR) is 101 cm³/mol. The van der Waals surface area contributed by atoms with Crippen LogP contribution in [0.1, 0.15) is 17.5 Å². The van der Waals surface area contributed by atoms with Crippen molar-refractivity contribution >= 4 is 15.9 Å². The number of carbonyl (C=O) groups is 1. The second-order valence-corrected chi connectivity index (χ2v) is 8.17. The van der Waals surface area contributed by atoms with Crippen molar-refractivity contribution in [1.29, 1.82) is 0 Å². The number of amides is 1. The highest BCUT2D eigenvalue weighted by Crippen LogP contribution is 2.23. The largest absolute Gasteiger partial charge is 0.573 e. The third kappa shape index (κ3) is 7.39. The molecular weight excluding hydrogens is 409 g/mol. The van der Waals surface area contributed by atoms with E-state index >= 15 is 0 Å². The lowest BCUT2D eigenvalue weighted by Gasteiger charge is -2.17. The molecule has 0 fully saturated rings. The lowest BCUT2D eigenvalue weighted by Crippen LogP contribution is -2.32. The Bertz CT molecular complexity index is 927. The zero-order valence-electron chi connectivity index (χ0n) is 15.9. The van der Waals surface area contributed by atoms with E-state index in [0.29, 0.717) is 6.54 Å². The Morgan fingerprint density at radius 1 is 1.07 bits per heavy atom. The monoisotopic (exact) mass is 430 g/mol. The summed E-state index contributed by atoms with van der Waals surface area (Å²) >= 11 is 0. The van der Waals surface area contributed by atoms with Gasteiger partial charge in [-0.05, 0) is 36.8 Å². The van der Waals surface area contributed by atoms with E-state index in [1.807, 2.05) is 31.2 Å². The van der Waals surface area contributed by atoms with Gasteiger partial charge in [-0.2, -0.15) is 0 Å². The molecule has 1 N–H and O–H groups in total. The van der Waals surface area contributed by atoms with Crippen LogP contribution in [-0.4, -0.2) is 39.2 Å². The van der Waals surface area contributed by atoms with Gasteiger partial charge in [0.2, 0.25) is 15.9 Å². The molecule has 2 aromatic rings. The second-order valence-electron chi connectivity index (χ2n) is 6.40. The summed E-state index contributed by atoms with van der Waals surface area (Å²) in [6, 6.07) is 11.5. The van der Waals surface area contributed by atoms with E-state index in [9.17, 15) is 26.4 Å². The fraction of sp³-hybridized carbons (Fsp3) is 0.316. The van der Waals surface area contributed by atoms with Gasteiger partial charge in [0.05, 0.1) is 4.90 Å². The Hall–Kier alpha value is -2.59. The first kappa shape index (κ1) is 22.7. The van der Waals surface area contributed by atoms with Crippen LogP contribution in [0.25, 0.3) is 0 Å². The Kier molecular flexibility index (Phi) is 7.26. The first-order valence-corrected chi connectivity index (χ1v) is 10.1. The van der Waals surface area contributed by atoms with Crippen LogP contribution < -0.4 is 9.46 Å². The third-order valence-corrected chi connectivity index (χ3v) is 5.44. The van der Waals surface area contributed by atoms with Crippen LogP contribution in [0.3, 0.4) is 0 Å². The zero-order chi connectivity index (χ0) is 21.7. The number of sulfonamides is 1. The van der Waals surface area contributed by atoms with Gasteiger partial charge in [-0.25, -0.2) is 13.1 Å². The average molecular weight is 430 g/mol. The molecule has 0 saturated carbocycles. The van der Waals surface area contributed by atoms with Crippen molar-refractivity contribution in [1.82, 2.24) is 9.62 Å². The molecule has 0 spiro atoms. The number of ether oxygens (including phenoxy) is 1. The Labute approximate surface area is 167 Å². The lowest BCUT2D eigenvalue weighted by molar-refractivity contribution is -0.274. The fourth-order valence-corrected chi connectivity index (χ4v) is 3.47. The quantitative estimate of drug-likeness (QED) is 0.698. The minimum atomic E-state index is -4.86. The number of halogens is 3. The highest BCUT2D eigenvalue weighted by atomic mass is 32.2. The molecular formula is C19H21F3N2O4S. The van der Waals surface area contributed by atoms with Crippen molar-refractivity contribution in [3.05, 3.63) is 59.7 Å². The van der Waals surface area contributed by atoms with Crippen molar-refractivity contribution in [3.63, 3.8) is 0 Å². The first-order chi connectivity index (χ1) is 13.5. The number of hydrogen-bond donors (Lipinski definition) is 1. The predicted octanol–water partition coefficient (Wildman–Crippen LogP) is 3.22. The van der Waals surface area contributed by atoms with E-state index in [4.69, 9.17) is 0 Å². The molecule has 0 saturated heterocycles. The van der Waals surface area contributed by atoms with Crippen LogP contribution in [-0.2, 0) is 21.4 Å². The summed E-state index contributed by atoms with van der Waals surface area (Å²) in [5.74, 6) is -0.772. The number of rotatable bonds is 8. The standard InChI is InChI=1S/C19H21F3N2O4S/c1-14-3-5-15(6-4-14)13-24(2)18(25)11-12-23-29(26,27)17-9-7-16(8-10-17)28-19(20,21)22/h3-10,23H,11-13H2,1-2H3. The zero-order valence-corrected chi connectivity index (χ0v) is 16.7. The summed E-state index contributed by atoms with van der Waals surface area (Å²) in [5, 5.41) is 0. The number of nitrogens with one attached hydrogen (secondary N) is 1. The van der Waals surface area contributed by atoms with Crippen LogP contribution in [0.2, 0.25) is 0 Å². The normalized spacial score (nSPS) is 11.9. The van der Waals surface area contributed by atoms with Crippen LogP contribution in [0.15, 0.2) is 53.4 Å². The molecule has 6 nitrogen and oxygen atoms in total. The molecule has 0 aromatic heterocycles. The molecule has 10 heteroatoms. The Morgan fingerprint density at radius 3 is 2.21 bits per heavy atom. The summed E-state index contributed by atoms with van der Waals surface area (Å²) in [5.41, 5.74) is 2.06. The van der Waals surface area contributed by atoms with Crippen LogP contribution in [0, 0.1) is 6.92 Å². The van der Waals surface area contributed by atoms with Gasteiger partial charge >= 0.3 is 6.36 Å². The highest BCUT2D eigenvalue weighted by molar-refractivity contribution is 7.89. The van der Waals surface area contributed by atoms with Gasteiger partial charge in [-0.1, -0.05) is 29.8 Å². The molecule has 0 aliphatic rings. The van der Waals surface area contributed by atoms with E-state index in [-0.39, 0.29) is 23.8 Å². The highest BCUT2D eigenvalue weighted by Gasteiger charge is 2.31. The summed E-state index contributed by atoms with van der Waals surface area (Å²) in [4.78, 5) is 13.4. The summed E-state index contributed by atoms with van der Waals surface area (Å²) in [6.07, 6.45) is -4.92. The lowest BCUT2D eigenvalue weighted by atomic mass is 10.1. The van der Waals surface area contributed by atoms with Gasteiger partial charge in [-0.15, -0.1) is 13.2 Å². The van der Waals surface area contributed by atoms with Crippen molar-refractivity contribution in [2.45, 2.75) is 31.1 Å². The number of hydrogen-bond acceptors (Lipinski definition) is 4. The van der Waals surface area contributed by atoms with Crippen LogP contribution in [0.5, 0.6) is 5.75 Å². The van der Waals surface area contributed by atoms with E-state index in [1.54, 1.807) is 7.05 Å². The molecule has 0 heterocycles. The maximum absolute atomic E-state index is 12.2. The number of nitrogens with zero attached hydrogens (tertiary/aromatic N) is 1. The molecule has 0 atom stereocenters. The SMILES string of the molecule is Cc1ccc(CN(C)C(=O)CCNS(=O)(=O)c2ccc(OC(F)(F)F)cc2)cc1. The second kappa shape index (κ2) is 9.27. The number of benzene rings is 2. The van der Waals surface area contributed by atoms with Gasteiger partial charge in [-0.3, -0.25) is 4.79 Å². The molecule has 0 bridgehead atoms. The molecule has 2 rings (SSSR count). The molecule has 0 aliphatic heterocycles. The van der Waals surface area contributed by atoms with Gasteiger partial charge in [0.1, 0.15) is 5.75 Å². The van der Waals surface area contributed by atoms with E-state index in [2.05, 4.69) is 9.46 Å². The van der Waals surface area contributed by atoms with E-state index in [1.165, 1.54) is 4.90 Å². The molecule has 0 unspecified atom stereocenters. The molecule has 29 heavy (non-hydrogen) atoms. The van der Waals surface area contributed by atoms with Crippen molar-refractivity contribution in [2.75, 3.05) is 13.6 Å². The smallest absolute Gasteiger partial charge is 0.406 e. The maximum Gasteiger partial charge on any atom is 0.573 e. The minimum Gasteiger partial charge on any atom is -0.406 e. The number of alkyl halides is 3. The molecule has 158 valence electrons. The third-order valence-electron chi connectivity index (χ3n) is 3.96. The minimum absolute atomic E-state index is 0.0587. The van der Waals surface area contributed by atoms with Crippen molar-refractivity contribution < 1.29 is 31.1 Å². The Morgan fingerprint density at radius 2 is 1.66 bits per heavy atom. The molecule has 0 radical (unpaired) electrons.